The zero-order chi connectivity index (χ0) is 26.3. The van der Waals surface area contributed by atoms with E-state index in [0.717, 1.165) is 43.4 Å². The average molecular weight is 499 g/mol. The second-order valence-corrected chi connectivity index (χ2v) is 14.5. The fourth-order valence-corrected chi connectivity index (χ4v) is 9.14. The van der Waals surface area contributed by atoms with Crippen LogP contribution in [0.15, 0.2) is 11.6 Å². The molecule has 0 aliphatic heterocycles. The molecule has 4 rings (SSSR count). The SMILES string of the molecule is CC(C)CCCC(C)C1CCC2C3C(=O)C=C4CC(OC(=O)CCC(C)C)CCC4(C)C3CCC12C. The highest BCUT2D eigenvalue weighted by Gasteiger charge is 2.61. The van der Waals surface area contributed by atoms with Gasteiger partial charge in [0.15, 0.2) is 5.78 Å². The molecule has 8 atom stereocenters. The number of allylic oxidation sites excluding steroid dienone is 1. The van der Waals surface area contributed by atoms with Crippen molar-refractivity contribution in [2.75, 3.05) is 0 Å². The summed E-state index contributed by atoms with van der Waals surface area (Å²) in [6, 6.07) is 0. The minimum absolute atomic E-state index is 0.0512. The van der Waals surface area contributed by atoms with Crippen molar-refractivity contribution < 1.29 is 14.3 Å². The Labute approximate surface area is 221 Å². The number of esters is 1. The van der Waals surface area contributed by atoms with Gasteiger partial charge in [-0.15, -0.1) is 0 Å². The molecule has 0 aromatic rings. The van der Waals surface area contributed by atoms with Gasteiger partial charge in [0.2, 0.25) is 0 Å². The summed E-state index contributed by atoms with van der Waals surface area (Å²) in [5.41, 5.74) is 1.70. The number of fused-ring (bicyclic) bond motifs is 5. The van der Waals surface area contributed by atoms with Crippen molar-refractivity contribution in [3.05, 3.63) is 11.6 Å². The zero-order valence-electron chi connectivity index (χ0n) is 24.4. The standard InChI is InChI=1S/C33H54O3/c1-21(2)9-8-10-23(5)26-12-13-27-31-28(16-18-33(26,27)7)32(6)17-15-25(19-24(32)20-29(31)34)36-30(35)14-11-22(3)4/h20-23,25-28,31H,8-19H2,1-7H3. The topological polar surface area (TPSA) is 43.4 Å². The summed E-state index contributed by atoms with van der Waals surface area (Å²) in [6.07, 6.45) is 15.1. The van der Waals surface area contributed by atoms with Crippen LogP contribution in [0.5, 0.6) is 0 Å². The number of ether oxygens (including phenoxy) is 1. The molecule has 3 fully saturated rings. The second-order valence-electron chi connectivity index (χ2n) is 14.5. The molecule has 36 heavy (non-hydrogen) atoms. The van der Waals surface area contributed by atoms with Crippen LogP contribution >= 0.6 is 0 Å². The van der Waals surface area contributed by atoms with Crippen LogP contribution in [0.2, 0.25) is 0 Å². The van der Waals surface area contributed by atoms with Gasteiger partial charge >= 0.3 is 5.97 Å². The summed E-state index contributed by atoms with van der Waals surface area (Å²) >= 11 is 0. The van der Waals surface area contributed by atoms with E-state index in [1.54, 1.807) is 0 Å². The summed E-state index contributed by atoms with van der Waals surface area (Å²) in [6.45, 7) is 16.4. The summed E-state index contributed by atoms with van der Waals surface area (Å²) < 4.78 is 5.89. The van der Waals surface area contributed by atoms with Crippen molar-refractivity contribution in [1.29, 1.82) is 0 Å². The van der Waals surface area contributed by atoms with Crippen LogP contribution in [0.3, 0.4) is 0 Å². The minimum atomic E-state index is -0.0640. The maximum atomic E-state index is 13.8. The van der Waals surface area contributed by atoms with E-state index in [9.17, 15) is 9.59 Å². The van der Waals surface area contributed by atoms with Gasteiger partial charge in [-0.3, -0.25) is 9.59 Å². The van der Waals surface area contributed by atoms with E-state index >= 15 is 0 Å². The van der Waals surface area contributed by atoms with Gasteiger partial charge in [-0.25, -0.2) is 0 Å². The van der Waals surface area contributed by atoms with Crippen LogP contribution in [0.25, 0.3) is 0 Å². The highest BCUT2D eigenvalue weighted by molar-refractivity contribution is 5.94. The Morgan fingerprint density at radius 3 is 2.36 bits per heavy atom. The molecule has 204 valence electrons. The molecular weight excluding hydrogens is 444 g/mol. The number of hydrogen-bond donors (Lipinski definition) is 0. The number of ketones is 1. The highest BCUT2D eigenvalue weighted by Crippen LogP contribution is 2.66. The lowest BCUT2D eigenvalue weighted by molar-refractivity contribution is -0.152. The van der Waals surface area contributed by atoms with Gasteiger partial charge in [-0.05, 0) is 97.4 Å². The molecule has 0 amide bonds. The van der Waals surface area contributed by atoms with Crippen LogP contribution in [0.1, 0.15) is 126 Å². The lowest BCUT2D eigenvalue weighted by atomic mass is 9.46. The Bertz CT molecular complexity index is 840. The van der Waals surface area contributed by atoms with E-state index in [1.165, 1.54) is 50.5 Å². The van der Waals surface area contributed by atoms with E-state index < -0.39 is 0 Å². The number of hydrogen-bond acceptors (Lipinski definition) is 3. The lowest BCUT2D eigenvalue weighted by Crippen LogP contribution is -2.53. The monoisotopic (exact) mass is 498 g/mol. The molecule has 8 unspecified atom stereocenters. The quantitative estimate of drug-likeness (QED) is 0.299. The highest BCUT2D eigenvalue weighted by atomic mass is 16.5. The number of carbonyl (C=O) groups excluding carboxylic acids is 2. The molecule has 0 radical (unpaired) electrons. The third-order valence-electron chi connectivity index (χ3n) is 11.3. The van der Waals surface area contributed by atoms with Crippen molar-refractivity contribution in [3.8, 4) is 0 Å². The minimum Gasteiger partial charge on any atom is -0.462 e. The lowest BCUT2D eigenvalue weighted by Gasteiger charge is -2.57. The van der Waals surface area contributed by atoms with Gasteiger partial charge in [-0.1, -0.05) is 73.3 Å². The third-order valence-corrected chi connectivity index (χ3v) is 11.3. The molecule has 0 aromatic heterocycles. The smallest absolute Gasteiger partial charge is 0.306 e. The molecule has 4 aliphatic rings. The van der Waals surface area contributed by atoms with E-state index in [2.05, 4.69) is 48.5 Å². The Morgan fingerprint density at radius 1 is 0.944 bits per heavy atom. The number of carbonyl (C=O) groups is 2. The van der Waals surface area contributed by atoms with E-state index in [0.29, 0.717) is 35.4 Å². The molecule has 3 nitrogen and oxygen atoms in total. The van der Waals surface area contributed by atoms with Gasteiger partial charge in [0, 0.05) is 18.8 Å². The van der Waals surface area contributed by atoms with Crippen LogP contribution < -0.4 is 0 Å². The molecule has 0 bridgehead atoms. The van der Waals surface area contributed by atoms with Crippen LogP contribution in [-0.4, -0.2) is 17.9 Å². The van der Waals surface area contributed by atoms with Gasteiger partial charge in [0.1, 0.15) is 6.10 Å². The molecule has 0 saturated heterocycles. The van der Waals surface area contributed by atoms with Crippen molar-refractivity contribution in [1.82, 2.24) is 0 Å². The van der Waals surface area contributed by atoms with Crippen LogP contribution in [0, 0.1) is 52.3 Å². The Kier molecular flexibility index (Phi) is 8.47. The van der Waals surface area contributed by atoms with Gasteiger partial charge in [0.05, 0.1) is 0 Å². The fraction of sp³-hybridized carbons (Fsp3) is 0.879. The Balaban J connectivity index is 1.45. The number of rotatable bonds is 9. The molecule has 0 heterocycles. The van der Waals surface area contributed by atoms with Crippen molar-refractivity contribution in [2.24, 2.45) is 52.3 Å². The summed E-state index contributed by atoms with van der Waals surface area (Å²) in [4.78, 5) is 26.1. The fourth-order valence-electron chi connectivity index (χ4n) is 9.14. The molecule has 4 aliphatic carbocycles. The first-order valence-corrected chi connectivity index (χ1v) is 15.4. The van der Waals surface area contributed by atoms with Gasteiger partial charge in [-0.2, -0.15) is 0 Å². The van der Waals surface area contributed by atoms with Crippen molar-refractivity contribution >= 4 is 11.8 Å². The van der Waals surface area contributed by atoms with E-state index in [-0.39, 0.29) is 23.4 Å². The molecule has 0 aromatic carbocycles. The second kappa shape index (κ2) is 10.9. The molecule has 0 spiro atoms. The molecule has 0 N–H and O–H groups in total. The van der Waals surface area contributed by atoms with Crippen molar-refractivity contribution in [2.45, 2.75) is 132 Å². The maximum absolute atomic E-state index is 13.8. The van der Waals surface area contributed by atoms with Gasteiger partial charge in [0.25, 0.3) is 0 Å². The largest absolute Gasteiger partial charge is 0.462 e. The first-order valence-electron chi connectivity index (χ1n) is 15.4. The predicted molar refractivity (Wildman–Crippen MR) is 147 cm³/mol. The molecular formula is C33H54O3. The van der Waals surface area contributed by atoms with Crippen molar-refractivity contribution in [3.63, 3.8) is 0 Å². The zero-order valence-corrected chi connectivity index (χ0v) is 24.4. The predicted octanol–water partition coefficient (Wildman–Crippen LogP) is 8.55. The van der Waals surface area contributed by atoms with E-state index in [1.807, 2.05) is 6.08 Å². The summed E-state index contributed by atoms with van der Waals surface area (Å²) in [5.74, 6) is 4.37. The normalized spacial score (nSPS) is 38.9. The first kappa shape index (κ1) is 27.9. The van der Waals surface area contributed by atoms with Crippen LogP contribution in [0.4, 0.5) is 0 Å². The first-order chi connectivity index (χ1) is 17.0. The molecule has 3 heteroatoms. The van der Waals surface area contributed by atoms with E-state index in [4.69, 9.17) is 4.74 Å². The Morgan fingerprint density at radius 2 is 1.67 bits per heavy atom. The Hall–Kier alpha value is -1.12. The summed E-state index contributed by atoms with van der Waals surface area (Å²) in [7, 11) is 0. The summed E-state index contributed by atoms with van der Waals surface area (Å²) in [5, 5.41) is 0. The average Bonchev–Trinajstić information content (AvgIpc) is 3.15. The van der Waals surface area contributed by atoms with Crippen LogP contribution in [-0.2, 0) is 14.3 Å². The third kappa shape index (κ3) is 5.37. The molecule has 3 saturated carbocycles. The van der Waals surface area contributed by atoms with Gasteiger partial charge < -0.3 is 4.74 Å². The maximum Gasteiger partial charge on any atom is 0.306 e.